The van der Waals surface area contributed by atoms with Crippen molar-refractivity contribution in [3.63, 3.8) is 0 Å². The number of thiazole rings is 1. The van der Waals surface area contributed by atoms with Crippen LogP contribution in [0.1, 0.15) is 44.5 Å². The van der Waals surface area contributed by atoms with Gasteiger partial charge in [-0.3, -0.25) is 9.59 Å². The van der Waals surface area contributed by atoms with E-state index in [1.165, 1.54) is 0 Å². The zero-order valence-corrected chi connectivity index (χ0v) is 17.4. The van der Waals surface area contributed by atoms with Gasteiger partial charge in [0.1, 0.15) is 18.1 Å². The average molecular weight is 405 g/mol. The van der Waals surface area contributed by atoms with E-state index in [0.717, 1.165) is 40.9 Å². The molecule has 0 unspecified atom stereocenters. The summed E-state index contributed by atoms with van der Waals surface area (Å²) >= 11 is 1.55. The van der Waals surface area contributed by atoms with E-state index >= 15 is 0 Å². The first-order valence-electron chi connectivity index (χ1n) is 9.71. The number of carbonyl (C=O) groups is 2. The summed E-state index contributed by atoms with van der Waals surface area (Å²) in [5, 5.41) is 0.808. The van der Waals surface area contributed by atoms with Crippen LogP contribution >= 0.6 is 11.3 Å². The number of carbonyl (C=O) groups excluding carboxylic acids is 2. The zero-order valence-electron chi connectivity index (χ0n) is 16.6. The molecule has 0 aliphatic rings. The Labute approximate surface area is 170 Å². The number of aromatic nitrogens is 1. The molecule has 6 nitrogen and oxygen atoms in total. The first kappa shape index (κ1) is 21.9. The molecule has 2 aromatic rings. The van der Waals surface area contributed by atoms with Crippen LogP contribution in [0.3, 0.4) is 0 Å². The third-order valence-corrected chi connectivity index (χ3v) is 4.97. The summed E-state index contributed by atoms with van der Waals surface area (Å²) in [6.07, 6.45) is 7.69. The van der Waals surface area contributed by atoms with Gasteiger partial charge in [-0.15, -0.1) is 11.3 Å². The van der Waals surface area contributed by atoms with E-state index in [4.69, 9.17) is 9.47 Å². The van der Waals surface area contributed by atoms with Crippen LogP contribution in [-0.4, -0.2) is 48.1 Å². The summed E-state index contributed by atoms with van der Waals surface area (Å²) in [6.45, 7) is 4.58. The summed E-state index contributed by atoms with van der Waals surface area (Å²) in [5.41, 5.74) is 0.926. The Balaban J connectivity index is 1.95. The SMILES string of the molecule is CCCCCCOC(=O)CN(C=Cc1nc2ccccc2s1)CC(=O)OCC. The van der Waals surface area contributed by atoms with E-state index in [2.05, 4.69) is 11.9 Å². The van der Waals surface area contributed by atoms with Crippen LogP contribution in [0.25, 0.3) is 16.3 Å². The van der Waals surface area contributed by atoms with Gasteiger partial charge in [-0.25, -0.2) is 4.98 Å². The summed E-state index contributed by atoms with van der Waals surface area (Å²) < 4.78 is 11.4. The van der Waals surface area contributed by atoms with Gasteiger partial charge in [0.25, 0.3) is 0 Å². The highest BCUT2D eigenvalue weighted by Gasteiger charge is 2.13. The van der Waals surface area contributed by atoms with Crippen LogP contribution in [0.2, 0.25) is 0 Å². The molecule has 1 heterocycles. The molecule has 0 atom stereocenters. The second kappa shape index (κ2) is 12.1. The molecule has 28 heavy (non-hydrogen) atoms. The van der Waals surface area contributed by atoms with Crippen molar-refractivity contribution in [2.45, 2.75) is 39.5 Å². The number of hydrogen-bond donors (Lipinski definition) is 0. The number of fused-ring (bicyclic) bond motifs is 1. The van der Waals surface area contributed by atoms with Crippen LogP contribution < -0.4 is 0 Å². The molecule has 152 valence electrons. The lowest BCUT2D eigenvalue weighted by molar-refractivity contribution is -0.147. The second-order valence-corrected chi connectivity index (χ2v) is 7.39. The Bertz CT molecular complexity index is 755. The number of para-hydroxylation sites is 1. The standard InChI is InChI=1S/C21H28N2O4S/c1-3-5-6-9-14-27-21(25)16-23(15-20(24)26-4-2)13-12-19-22-17-10-7-8-11-18(17)28-19/h7-8,10-13H,3-6,9,14-16H2,1-2H3. The van der Waals surface area contributed by atoms with Gasteiger partial charge in [-0.05, 0) is 31.6 Å². The maximum absolute atomic E-state index is 12.1. The molecule has 0 aliphatic carbocycles. The third kappa shape index (κ3) is 7.68. The predicted molar refractivity (Wildman–Crippen MR) is 112 cm³/mol. The normalized spacial score (nSPS) is 11.1. The Kier molecular flexibility index (Phi) is 9.48. The van der Waals surface area contributed by atoms with E-state index < -0.39 is 0 Å². The molecule has 0 amide bonds. The molecule has 1 aromatic heterocycles. The van der Waals surface area contributed by atoms with Crippen molar-refractivity contribution >= 4 is 39.6 Å². The van der Waals surface area contributed by atoms with Gasteiger partial charge in [-0.2, -0.15) is 0 Å². The molecular weight excluding hydrogens is 376 g/mol. The minimum Gasteiger partial charge on any atom is -0.465 e. The Hall–Kier alpha value is -2.41. The van der Waals surface area contributed by atoms with Crippen molar-refractivity contribution in [2.24, 2.45) is 0 Å². The van der Waals surface area contributed by atoms with Gasteiger partial charge in [0.15, 0.2) is 0 Å². The quantitative estimate of drug-likeness (QED) is 0.389. The molecule has 7 heteroatoms. The van der Waals surface area contributed by atoms with E-state index in [1.807, 2.05) is 24.3 Å². The first-order valence-corrected chi connectivity index (χ1v) is 10.5. The molecule has 0 saturated heterocycles. The van der Waals surface area contributed by atoms with Crippen molar-refractivity contribution in [1.82, 2.24) is 9.88 Å². The smallest absolute Gasteiger partial charge is 0.325 e. The van der Waals surface area contributed by atoms with Gasteiger partial charge in [0.2, 0.25) is 0 Å². The number of hydrogen-bond acceptors (Lipinski definition) is 7. The van der Waals surface area contributed by atoms with E-state index in [-0.39, 0.29) is 25.0 Å². The van der Waals surface area contributed by atoms with E-state index in [1.54, 1.807) is 35.4 Å². The van der Waals surface area contributed by atoms with Crippen LogP contribution in [0.4, 0.5) is 0 Å². The fraction of sp³-hybridized carbons (Fsp3) is 0.476. The van der Waals surface area contributed by atoms with Crippen LogP contribution in [0, 0.1) is 0 Å². The lowest BCUT2D eigenvalue weighted by Crippen LogP contribution is -2.32. The predicted octanol–water partition coefficient (Wildman–Crippen LogP) is 4.26. The topological polar surface area (TPSA) is 68.7 Å². The molecule has 0 radical (unpaired) electrons. The van der Waals surface area contributed by atoms with Gasteiger partial charge >= 0.3 is 11.9 Å². The largest absolute Gasteiger partial charge is 0.465 e. The average Bonchev–Trinajstić information content (AvgIpc) is 3.09. The van der Waals surface area contributed by atoms with Gasteiger partial charge in [0.05, 0.1) is 23.4 Å². The lowest BCUT2D eigenvalue weighted by Gasteiger charge is -2.18. The van der Waals surface area contributed by atoms with Crippen molar-refractivity contribution in [3.05, 3.63) is 35.5 Å². The second-order valence-electron chi connectivity index (χ2n) is 6.33. The minimum absolute atomic E-state index is 0.00597. The van der Waals surface area contributed by atoms with Crippen molar-refractivity contribution in [1.29, 1.82) is 0 Å². The van der Waals surface area contributed by atoms with Gasteiger partial charge in [-0.1, -0.05) is 38.3 Å². The molecular formula is C21H28N2O4S. The fourth-order valence-corrected chi connectivity index (χ4v) is 3.45. The highest BCUT2D eigenvalue weighted by molar-refractivity contribution is 7.19. The van der Waals surface area contributed by atoms with Crippen molar-refractivity contribution < 1.29 is 19.1 Å². The summed E-state index contributed by atoms with van der Waals surface area (Å²) in [4.78, 5) is 30.1. The molecule has 1 aromatic carbocycles. The fourth-order valence-electron chi connectivity index (χ4n) is 2.59. The van der Waals surface area contributed by atoms with Crippen LogP contribution in [0.15, 0.2) is 30.5 Å². The van der Waals surface area contributed by atoms with Crippen LogP contribution in [-0.2, 0) is 19.1 Å². The summed E-state index contributed by atoms with van der Waals surface area (Å²) in [7, 11) is 0. The van der Waals surface area contributed by atoms with Gasteiger partial charge in [0, 0.05) is 6.20 Å². The van der Waals surface area contributed by atoms with Crippen LogP contribution in [0.5, 0.6) is 0 Å². The molecule has 0 spiro atoms. The number of unbranched alkanes of at least 4 members (excludes halogenated alkanes) is 3. The monoisotopic (exact) mass is 404 g/mol. The number of rotatable bonds is 12. The zero-order chi connectivity index (χ0) is 20.2. The Morgan fingerprint density at radius 3 is 2.54 bits per heavy atom. The summed E-state index contributed by atoms with van der Waals surface area (Å²) in [5.74, 6) is -0.734. The molecule has 0 aliphatic heterocycles. The van der Waals surface area contributed by atoms with E-state index in [9.17, 15) is 9.59 Å². The number of ether oxygens (including phenoxy) is 2. The molecule has 0 saturated carbocycles. The Morgan fingerprint density at radius 1 is 1.07 bits per heavy atom. The molecule has 0 bridgehead atoms. The molecule has 0 fully saturated rings. The number of benzene rings is 1. The maximum Gasteiger partial charge on any atom is 0.325 e. The molecule has 2 rings (SSSR count). The highest BCUT2D eigenvalue weighted by Crippen LogP contribution is 2.22. The number of nitrogens with zero attached hydrogens (tertiary/aromatic N) is 2. The summed E-state index contributed by atoms with van der Waals surface area (Å²) in [6, 6.07) is 7.88. The number of esters is 2. The Morgan fingerprint density at radius 2 is 1.82 bits per heavy atom. The lowest BCUT2D eigenvalue weighted by atomic mass is 10.2. The maximum atomic E-state index is 12.1. The molecule has 0 N–H and O–H groups in total. The first-order chi connectivity index (χ1) is 13.6. The third-order valence-electron chi connectivity index (χ3n) is 3.97. The van der Waals surface area contributed by atoms with Crippen molar-refractivity contribution in [2.75, 3.05) is 26.3 Å². The van der Waals surface area contributed by atoms with Gasteiger partial charge < -0.3 is 14.4 Å². The minimum atomic E-state index is -0.382. The van der Waals surface area contributed by atoms with Crippen molar-refractivity contribution in [3.8, 4) is 0 Å². The highest BCUT2D eigenvalue weighted by atomic mass is 32.1. The van der Waals surface area contributed by atoms with E-state index in [0.29, 0.717) is 13.2 Å².